The molecule has 0 bridgehead atoms. The van der Waals surface area contributed by atoms with Crippen LogP contribution in [0.3, 0.4) is 0 Å². The second kappa shape index (κ2) is 4.00. The van der Waals surface area contributed by atoms with Crippen molar-refractivity contribution < 1.29 is 24.6 Å². The Morgan fingerprint density at radius 3 is 2.81 bits per heavy atom. The smallest absolute Gasteiger partial charge is 0.231 e. The predicted octanol–water partition coefficient (Wildman–Crippen LogP) is -0.668. The van der Waals surface area contributed by atoms with Crippen molar-refractivity contribution in [3.05, 3.63) is 34.9 Å². The molecule has 1 fully saturated rings. The van der Waals surface area contributed by atoms with Gasteiger partial charge in [-0.2, -0.15) is 0 Å². The Labute approximate surface area is 122 Å². The van der Waals surface area contributed by atoms with E-state index in [1.807, 2.05) is 12.1 Å². The highest BCUT2D eigenvalue weighted by Crippen LogP contribution is 2.44. The molecule has 0 amide bonds. The van der Waals surface area contributed by atoms with E-state index < -0.39 is 12.2 Å². The molecule has 3 aliphatic heterocycles. The maximum atomic E-state index is 10.6. The Balaban J connectivity index is 1.70. The first-order valence-electron chi connectivity index (χ1n) is 7.56. The Kier molecular flexibility index (Phi) is 2.29. The minimum absolute atomic E-state index is 0.0456. The van der Waals surface area contributed by atoms with Crippen LogP contribution >= 0.6 is 0 Å². The fourth-order valence-electron chi connectivity index (χ4n) is 4.55. The van der Waals surface area contributed by atoms with Crippen LogP contribution in [0.25, 0.3) is 0 Å². The quantitative estimate of drug-likeness (QED) is 0.554. The zero-order valence-corrected chi connectivity index (χ0v) is 11.6. The van der Waals surface area contributed by atoms with Crippen molar-refractivity contribution in [2.45, 2.75) is 37.1 Å². The Morgan fingerprint density at radius 1 is 1.14 bits per heavy atom. The lowest BCUT2D eigenvalue weighted by Crippen LogP contribution is -3.14. The van der Waals surface area contributed by atoms with Crippen LogP contribution in [0, 0.1) is 0 Å². The number of ether oxygens (including phenoxy) is 2. The van der Waals surface area contributed by atoms with Gasteiger partial charge in [0.15, 0.2) is 11.5 Å². The van der Waals surface area contributed by atoms with Crippen LogP contribution in [0.5, 0.6) is 11.5 Å². The van der Waals surface area contributed by atoms with Gasteiger partial charge in [0, 0.05) is 12.0 Å². The highest BCUT2D eigenvalue weighted by molar-refractivity contribution is 5.52. The summed E-state index contributed by atoms with van der Waals surface area (Å²) in [6.07, 6.45) is 1.38. The molecule has 4 aliphatic rings. The molecular weight excluding hydrogens is 270 g/mol. The van der Waals surface area contributed by atoms with E-state index in [-0.39, 0.29) is 12.7 Å². The largest absolute Gasteiger partial charge is 0.454 e. The van der Waals surface area contributed by atoms with E-state index in [0.717, 1.165) is 36.6 Å². The van der Waals surface area contributed by atoms with Gasteiger partial charge in [-0.15, -0.1) is 0 Å². The Bertz CT molecular complexity index is 656. The molecule has 1 aliphatic carbocycles. The molecule has 1 unspecified atom stereocenters. The molecule has 3 N–H and O–H groups in total. The monoisotopic (exact) mass is 288 g/mol. The van der Waals surface area contributed by atoms with Crippen molar-refractivity contribution in [1.82, 2.24) is 0 Å². The van der Waals surface area contributed by atoms with E-state index >= 15 is 0 Å². The minimum Gasteiger partial charge on any atom is -0.454 e. The van der Waals surface area contributed by atoms with Gasteiger partial charge in [-0.25, -0.2) is 0 Å². The number of nitrogens with one attached hydrogen (secondary N) is 1. The summed E-state index contributed by atoms with van der Waals surface area (Å²) < 4.78 is 11.0. The fraction of sp³-hybridized carbons (Fsp3) is 0.500. The maximum absolute atomic E-state index is 10.6. The lowest BCUT2D eigenvalue weighted by Gasteiger charge is -2.41. The van der Waals surface area contributed by atoms with Crippen molar-refractivity contribution >= 4 is 0 Å². The van der Waals surface area contributed by atoms with E-state index in [1.54, 1.807) is 0 Å². The first-order valence-corrected chi connectivity index (χ1v) is 7.56. The van der Waals surface area contributed by atoms with Crippen molar-refractivity contribution in [3.63, 3.8) is 0 Å². The molecule has 5 atom stereocenters. The first-order chi connectivity index (χ1) is 10.2. The molecule has 5 rings (SSSR count). The van der Waals surface area contributed by atoms with Crippen molar-refractivity contribution in [2.75, 3.05) is 13.3 Å². The lowest BCUT2D eigenvalue weighted by molar-refractivity contribution is -0.927. The summed E-state index contributed by atoms with van der Waals surface area (Å²) in [4.78, 5) is 1.49. The van der Waals surface area contributed by atoms with Crippen LogP contribution in [0.4, 0.5) is 0 Å². The number of fused-ring (bicyclic) bond motifs is 3. The fourth-order valence-corrected chi connectivity index (χ4v) is 4.55. The van der Waals surface area contributed by atoms with Gasteiger partial charge in [0.2, 0.25) is 6.79 Å². The molecule has 0 spiro atoms. The maximum Gasteiger partial charge on any atom is 0.231 e. The van der Waals surface area contributed by atoms with Crippen LogP contribution in [0.15, 0.2) is 23.8 Å². The lowest BCUT2D eigenvalue weighted by atomic mass is 9.73. The van der Waals surface area contributed by atoms with Crippen LogP contribution in [-0.2, 0) is 6.54 Å². The van der Waals surface area contributed by atoms with Gasteiger partial charge in [-0.05, 0) is 29.3 Å². The molecule has 1 aromatic carbocycles. The molecule has 0 aromatic heterocycles. The minimum atomic E-state index is -0.767. The molecule has 5 heteroatoms. The summed E-state index contributed by atoms with van der Waals surface area (Å²) in [6, 6.07) is 4.36. The van der Waals surface area contributed by atoms with Crippen LogP contribution in [-0.4, -0.2) is 41.8 Å². The topological polar surface area (TPSA) is 63.4 Å². The van der Waals surface area contributed by atoms with Gasteiger partial charge in [0.05, 0.1) is 24.7 Å². The molecule has 1 aromatic rings. The molecule has 5 nitrogen and oxygen atoms in total. The molecule has 110 valence electrons. The van der Waals surface area contributed by atoms with Crippen LogP contribution in [0.2, 0.25) is 0 Å². The van der Waals surface area contributed by atoms with Gasteiger partial charge >= 0.3 is 0 Å². The van der Waals surface area contributed by atoms with Crippen LogP contribution < -0.4 is 14.4 Å². The molecule has 0 radical (unpaired) electrons. The number of quaternary nitrogens is 1. The van der Waals surface area contributed by atoms with Crippen molar-refractivity contribution in [3.8, 4) is 11.5 Å². The van der Waals surface area contributed by atoms with Gasteiger partial charge in [-0.3, -0.25) is 0 Å². The van der Waals surface area contributed by atoms with Crippen molar-refractivity contribution in [1.29, 1.82) is 0 Å². The summed E-state index contributed by atoms with van der Waals surface area (Å²) in [6.45, 7) is 2.28. The second-order valence-corrected chi connectivity index (χ2v) is 6.47. The zero-order valence-electron chi connectivity index (χ0n) is 11.6. The third-order valence-corrected chi connectivity index (χ3v) is 5.45. The number of benzene rings is 1. The standard InChI is InChI=1S/C16H17NO4/c18-11-3-8-1-2-17-6-9-4-12-13(21-7-20-12)5-10(9)14(15(8)17)16(11)19/h3-5,11,14-16,18-19H,1-2,6-7H2/p+1/t11-,14-,15+,16+/m0/s1. The summed E-state index contributed by atoms with van der Waals surface area (Å²) in [7, 11) is 0. The Morgan fingerprint density at radius 2 is 1.95 bits per heavy atom. The highest BCUT2D eigenvalue weighted by atomic mass is 16.7. The average molecular weight is 288 g/mol. The second-order valence-electron chi connectivity index (χ2n) is 6.47. The highest BCUT2D eigenvalue weighted by Gasteiger charge is 2.51. The van der Waals surface area contributed by atoms with E-state index in [0.29, 0.717) is 6.04 Å². The third-order valence-electron chi connectivity index (χ3n) is 5.45. The van der Waals surface area contributed by atoms with Crippen molar-refractivity contribution in [2.24, 2.45) is 0 Å². The van der Waals surface area contributed by atoms with Gasteiger partial charge in [-0.1, -0.05) is 0 Å². The summed E-state index contributed by atoms with van der Waals surface area (Å²) in [5.41, 5.74) is 3.63. The summed E-state index contributed by atoms with van der Waals surface area (Å²) in [5.74, 6) is 1.51. The third kappa shape index (κ3) is 1.51. The van der Waals surface area contributed by atoms with E-state index in [9.17, 15) is 10.2 Å². The van der Waals surface area contributed by atoms with E-state index in [1.165, 1.54) is 16.0 Å². The van der Waals surface area contributed by atoms with Gasteiger partial charge in [0.25, 0.3) is 0 Å². The predicted molar refractivity (Wildman–Crippen MR) is 73.3 cm³/mol. The number of hydrogen-bond acceptors (Lipinski definition) is 4. The molecule has 21 heavy (non-hydrogen) atoms. The number of aliphatic hydroxyl groups excluding tert-OH is 2. The van der Waals surface area contributed by atoms with Gasteiger partial charge in [0.1, 0.15) is 12.6 Å². The molecule has 1 saturated heterocycles. The SMILES string of the molecule is O[C@H]1[C@H]2c3cc4c(cc3C[NH+]3CCC(=C[C@@H]1O)[C@H]23)OCO4. The average Bonchev–Trinajstić information content (AvgIpc) is 3.08. The number of rotatable bonds is 0. The first kappa shape index (κ1) is 12.0. The zero-order chi connectivity index (χ0) is 14.1. The molecular formula is C16H18NO4+. The van der Waals surface area contributed by atoms with Crippen LogP contribution in [0.1, 0.15) is 23.5 Å². The van der Waals surface area contributed by atoms with E-state index in [2.05, 4.69) is 6.07 Å². The molecule has 3 heterocycles. The van der Waals surface area contributed by atoms with E-state index in [4.69, 9.17) is 9.47 Å². The van der Waals surface area contributed by atoms with Gasteiger partial charge < -0.3 is 24.6 Å². The number of hydrogen-bond donors (Lipinski definition) is 3. The normalized spacial score (nSPS) is 38.8. The summed E-state index contributed by atoms with van der Waals surface area (Å²) in [5, 5.41) is 20.7. The number of aliphatic hydroxyl groups is 2. The summed E-state index contributed by atoms with van der Waals surface area (Å²) >= 11 is 0. The molecule has 0 saturated carbocycles. The Hall–Kier alpha value is -1.56.